The monoisotopic (exact) mass is 239 g/mol. The van der Waals surface area contributed by atoms with Gasteiger partial charge in [0, 0.05) is 19.6 Å². The van der Waals surface area contributed by atoms with Crippen LogP contribution in [0.25, 0.3) is 0 Å². The molecule has 1 unspecified atom stereocenters. The van der Waals surface area contributed by atoms with Crippen molar-refractivity contribution in [3.8, 4) is 0 Å². The van der Waals surface area contributed by atoms with E-state index in [1.807, 2.05) is 4.90 Å². The van der Waals surface area contributed by atoms with Crippen molar-refractivity contribution in [1.82, 2.24) is 15.5 Å². The van der Waals surface area contributed by atoms with Gasteiger partial charge in [0.15, 0.2) is 0 Å². The maximum atomic E-state index is 12.2. The van der Waals surface area contributed by atoms with E-state index in [0.29, 0.717) is 6.54 Å². The molecule has 0 aromatic carbocycles. The molecule has 5 heteroatoms. The summed E-state index contributed by atoms with van der Waals surface area (Å²) >= 11 is 0. The van der Waals surface area contributed by atoms with E-state index in [9.17, 15) is 9.59 Å². The van der Waals surface area contributed by atoms with Gasteiger partial charge in [0.05, 0.1) is 6.54 Å². The van der Waals surface area contributed by atoms with Gasteiger partial charge in [0.2, 0.25) is 11.8 Å². The van der Waals surface area contributed by atoms with Crippen molar-refractivity contribution in [3.05, 3.63) is 0 Å². The summed E-state index contributed by atoms with van der Waals surface area (Å²) < 4.78 is 0. The van der Waals surface area contributed by atoms with Crippen LogP contribution in [-0.2, 0) is 9.59 Å². The second-order valence-corrected chi connectivity index (χ2v) is 4.83. The number of amides is 2. The molecule has 2 rings (SSSR count). The fourth-order valence-electron chi connectivity index (χ4n) is 2.43. The highest BCUT2D eigenvalue weighted by Gasteiger charge is 2.27. The highest BCUT2D eigenvalue weighted by molar-refractivity contribution is 5.86. The third-order valence-corrected chi connectivity index (χ3v) is 3.48. The Morgan fingerprint density at radius 3 is 2.35 bits per heavy atom. The van der Waals surface area contributed by atoms with E-state index >= 15 is 0 Å². The summed E-state index contributed by atoms with van der Waals surface area (Å²) in [6, 6.07) is -0.230. The molecule has 2 fully saturated rings. The molecule has 2 heterocycles. The fourth-order valence-corrected chi connectivity index (χ4v) is 2.43. The van der Waals surface area contributed by atoms with Crippen LogP contribution < -0.4 is 10.6 Å². The molecule has 1 atom stereocenters. The van der Waals surface area contributed by atoms with E-state index in [1.54, 1.807) is 0 Å². The number of nitrogens with zero attached hydrogens (tertiary/aromatic N) is 1. The lowest BCUT2D eigenvalue weighted by Gasteiger charge is -2.31. The highest BCUT2D eigenvalue weighted by atomic mass is 16.2. The predicted molar refractivity (Wildman–Crippen MR) is 64.5 cm³/mol. The summed E-state index contributed by atoms with van der Waals surface area (Å²) in [6.45, 7) is 2.41. The van der Waals surface area contributed by atoms with Gasteiger partial charge in [0.25, 0.3) is 0 Å². The van der Waals surface area contributed by atoms with E-state index in [4.69, 9.17) is 0 Å². The van der Waals surface area contributed by atoms with Crippen molar-refractivity contribution >= 4 is 11.8 Å². The average molecular weight is 239 g/mol. The molecule has 0 radical (unpaired) electrons. The average Bonchev–Trinajstić information content (AvgIpc) is 2.29. The third-order valence-electron chi connectivity index (χ3n) is 3.48. The number of nitrogens with one attached hydrogen (secondary N) is 2. The Hall–Kier alpha value is -1.10. The molecule has 2 aliphatic rings. The first-order valence-electron chi connectivity index (χ1n) is 6.56. The zero-order chi connectivity index (χ0) is 12.1. The van der Waals surface area contributed by atoms with Crippen molar-refractivity contribution in [1.29, 1.82) is 0 Å². The number of hydrogen-bond acceptors (Lipinski definition) is 3. The first-order valence-corrected chi connectivity index (χ1v) is 6.56. The molecule has 17 heavy (non-hydrogen) atoms. The first kappa shape index (κ1) is 12.4. The number of piperazine rings is 1. The number of carbonyl (C=O) groups is 2. The highest BCUT2D eigenvalue weighted by Crippen LogP contribution is 2.11. The second kappa shape index (κ2) is 6.00. The van der Waals surface area contributed by atoms with Gasteiger partial charge >= 0.3 is 0 Å². The molecule has 2 aliphatic heterocycles. The minimum atomic E-state index is -0.230. The Labute approximate surface area is 102 Å². The molecule has 0 aromatic rings. The molecule has 5 nitrogen and oxygen atoms in total. The quantitative estimate of drug-likeness (QED) is 0.670. The van der Waals surface area contributed by atoms with E-state index in [0.717, 1.165) is 25.9 Å². The smallest absolute Gasteiger partial charge is 0.241 e. The molecule has 0 spiro atoms. The summed E-state index contributed by atoms with van der Waals surface area (Å²) in [5.74, 6) is 0.119. The minimum absolute atomic E-state index is 0.0262. The SMILES string of the molecule is O=C1CNC(C(=O)N2CCCCCCC2)CN1. The second-order valence-electron chi connectivity index (χ2n) is 4.83. The van der Waals surface area contributed by atoms with Crippen molar-refractivity contribution in [3.63, 3.8) is 0 Å². The largest absolute Gasteiger partial charge is 0.353 e. The summed E-state index contributed by atoms with van der Waals surface area (Å²) in [4.78, 5) is 25.2. The molecule has 0 bridgehead atoms. The Bertz CT molecular complexity index is 275. The zero-order valence-electron chi connectivity index (χ0n) is 10.2. The van der Waals surface area contributed by atoms with Crippen LogP contribution >= 0.6 is 0 Å². The Morgan fingerprint density at radius 1 is 1.12 bits per heavy atom. The van der Waals surface area contributed by atoms with E-state index in [1.165, 1.54) is 19.3 Å². The van der Waals surface area contributed by atoms with Gasteiger partial charge in [0.1, 0.15) is 6.04 Å². The molecule has 2 N–H and O–H groups in total. The minimum Gasteiger partial charge on any atom is -0.353 e. The molecule has 96 valence electrons. The van der Waals surface area contributed by atoms with Gasteiger partial charge in [-0.05, 0) is 12.8 Å². The normalized spacial score (nSPS) is 26.9. The van der Waals surface area contributed by atoms with Crippen LogP contribution in [0, 0.1) is 0 Å². The van der Waals surface area contributed by atoms with Crippen molar-refractivity contribution in [2.75, 3.05) is 26.2 Å². The molecule has 2 amide bonds. The Morgan fingerprint density at radius 2 is 1.76 bits per heavy atom. The predicted octanol–water partition coefficient (Wildman–Crippen LogP) is -0.133. The number of likely N-dealkylation sites (tertiary alicyclic amines) is 1. The first-order chi connectivity index (χ1) is 8.27. The van der Waals surface area contributed by atoms with E-state index < -0.39 is 0 Å². The van der Waals surface area contributed by atoms with Crippen LogP contribution in [0.5, 0.6) is 0 Å². The van der Waals surface area contributed by atoms with Gasteiger partial charge in [-0.25, -0.2) is 0 Å². The van der Waals surface area contributed by atoms with Crippen LogP contribution in [0.15, 0.2) is 0 Å². The van der Waals surface area contributed by atoms with Crippen LogP contribution in [0.3, 0.4) is 0 Å². The summed E-state index contributed by atoms with van der Waals surface area (Å²) in [5, 5.41) is 5.73. The lowest BCUT2D eigenvalue weighted by atomic mass is 10.1. The van der Waals surface area contributed by atoms with Gasteiger partial charge in [-0.1, -0.05) is 19.3 Å². The molecule has 0 aromatic heterocycles. The number of hydrogen-bond donors (Lipinski definition) is 2. The van der Waals surface area contributed by atoms with Gasteiger partial charge in [-0.3, -0.25) is 14.9 Å². The van der Waals surface area contributed by atoms with Gasteiger partial charge in [-0.2, -0.15) is 0 Å². The Balaban J connectivity index is 1.86. The van der Waals surface area contributed by atoms with Crippen LogP contribution in [-0.4, -0.2) is 48.9 Å². The lowest BCUT2D eigenvalue weighted by Crippen LogP contribution is -2.58. The van der Waals surface area contributed by atoms with Crippen molar-refractivity contribution in [2.24, 2.45) is 0 Å². The van der Waals surface area contributed by atoms with Gasteiger partial charge < -0.3 is 10.2 Å². The van der Waals surface area contributed by atoms with Crippen molar-refractivity contribution in [2.45, 2.75) is 38.1 Å². The van der Waals surface area contributed by atoms with E-state index in [-0.39, 0.29) is 24.4 Å². The lowest BCUT2D eigenvalue weighted by molar-refractivity contribution is -0.135. The fraction of sp³-hybridized carbons (Fsp3) is 0.833. The number of rotatable bonds is 1. The third kappa shape index (κ3) is 3.43. The van der Waals surface area contributed by atoms with Crippen LogP contribution in [0.1, 0.15) is 32.1 Å². The van der Waals surface area contributed by atoms with Crippen LogP contribution in [0.4, 0.5) is 0 Å². The summed E-state index contributed by atoms with van der Waals surface area (Å²) in [5.41, 5.74) is 0. The molecule has 0 saturated carbocycles. The number of carbonyl (C=O) groups excluding carboxylic acids is 2. The maximum absolute atomic E-state index is 12.2. The zero-order valence-corrected chi connectivity index (χ0v) is 10.2. The maximum Gasteiger partial charge on any atom is 0.241 e. The standard InChI is InChI=1S/C12H21N3O2/c16-11-9-13-10(8-14-11)12(17)15-6-4-2-1-3-5-7-15/h10,13H,1-9H2,(H,14,16). The molecule has 2 saturated heterocycles. The van der Waals surface area contributed by atoms with Crippen molar-refractivity contribution < 1.29 is 9.59 Å². The Kier molecular flexibility index (Phi) is 4.36. The van der Waals surface area contributed by atoms with Gasteiger partial charge in [-0.15, -0.1) is 0 Å². The molecular formula is C12H21N3O2. The molecule has 0 aliphatic carbocycles. The summed E-state index contributed by atoms with van der Waals surface area (Å²) in [6.07, 6.45) is 5.94. The van der Waals surface area contributed by atoms with Crippen LogP contribution in [0.2, 0.25) is 0 Å². The summed E-state index contributed by atoms with van der Waals surface area (Å²) in [7, 11) is 0. The van der Waals surface area contributed by atoms with E-state index in [2.05, 4.69) is 10.6 Å². The topological polar surface area (TPSA) is 61.4 Å². The molecular weight excluding hydrogens is 218 g/mol.